The van der Waals surface area contributed by atoms with Crippen LogP contribution in [0.15, 0.2) is 36.4 Å². The van der Waals surface area contributed by atoms with E-state index in [2.05, 4.69) is 12.7 Å². The van der Waals surface area contributed by atoms with E-state index in [1.54, 1.807) is 19.1 Å². The number of amides is 1. The average Bonchev–Trinajstić information content (AvgIpc) is 2.47. The zero-order valence-electron chi connectivity index (χ0n) is 12.1. The number of carbonyl (C=O) groups is 1. The summed E-state index contributed by atoms with van der Waals surface area (Å²) in [6, 6.07) is 5.13. The predicted molar refractivity (Wildman–Crippen MR) is 81.1 cm³/mol. The molecule has 0 radical (unpaired) electrons. The van der Waals surface area contributed by atoms with Crippen LogP contribution in [0, 0.1) is 0 Å². The molecule has 2 heterocycles. The van der Waals surface area contributed by atoms with Crippen LogP contribution >= 0.6 is 0 Å². The van der Waals surface area contributed by atoms with Gasteiger partial charge in [0.2, 0.25) is 5.91 Å². The molecule has 1 aromatic rings. The lowest BCUT2D eigenvalue weighted by Crippen LogP contribution is -2.50. The summed E-state index contributed by atoms with van der Waals surface area (Å²) in [5.74, 6) is 0.986. The summed E-state index contributed by atoms with van der Waals surface area (Å²) in [4.78, 5) is 13.3. The normalized spacial score (nSPS) is 19.5. The number of hydrogen-bond donors (Lipinski definition) is 1. The fraction of sp³-hybridized carbons (Fsp3) is 0.353. The van der Waals surface area contributed by atoms with Crippen LogP contribution in [0.4, 0.5) is 0 Å². The van der Waals surface area contributed by atoms with Crippen LogP contribution in [0.1, 0.15) is 25.3 Å². The van der Waals surface area contributed by atoms with Crippen LogP contribution in [0.25, 0.3) is 6.08 Å². The van der Waals surface area contributed by atoms with Crippen molar-refractivity contribution >= 4 is 12.0 Å². The Morgan fingerprint density at radius 3 is 2.76 bits per heavy atom. The number of phenolic OH excluding ortho intramolecular Hbond substituents is 1. The molecule has 1 N–H and O–H groups in total. The second-order valence-corrected chi connectivity index (χ2v) is 5.63. The number of carbonyl (C=O) groups excluding carboxylic acids is 1. The molecule has 3 rings (SSSR count). The molecule has 0 aliphatic carbocycles. The fourth-order valence-corrected chi connectivity index (χ4v) is 3.12. The number of nitrogens with zero attached hydrogens (tertiary/aromatic N) is 1. The molecule has 4 heteroatoms. The maximum Gasteiger partial charge on any atom is 0.219 e. The van der Waals surface area contributed by atoms with E-state index in [9.17, 15) is 9.90 Å². The Morgan fingerprint density at radius 2 is 2.14 bits per heavy atom. The van der Waals surface area contributed by atoms with E-state index < -0.39 is 5.60 Å². The summed E-state index contributed by atoms with van der Waals surface area (Å²) in [5, 5.41) is 9.64. The van der Waals surface area contributed by atoms with Gasteiger partial charge in [0.25, 0.3) is 0 Å². The second kappa shape index (κ2) is 4.95. The van der Waals surface area contributed by atoms with Crippen molar-refractivity contribution in [3.8, 4) is 11.5 Å². The highest BCUT2D eigenvalue weighted by molar-refractivity contribution is 5.73. The molecule has 2 aliphatic heterocycles. The predicted octanol–water partition coefficient (Wildman–Crippen LogP) is 2.74. The van der Waals surface area contributed by atoms with Crippen LogP contribution in [-0.2, 0) is 4.79 Å². The SMILES string of the molecule is C=CC1=Cc2ccc(O)cc2OC12CCN(C(C)=O)CC2. The van der Waals surface area contributed by atoms with Gasteiger partial charge in [-0.3, -0.25) is 4.79 Å². The third-order valence-corrected chi connectivity index (χ3v) is 4.38. The van der Waals surface area contributed by atoms with Crippen LogP contribution in [-0.4, -0.2) is 34.6 Å². The van der Waals surface area contributed by atoms with E-state index in [4.69, 9.17) is 4.74 Å². The molecule has 0 saturated carbocycles. The average molecular weight is 285 g/mol. The van der Waals surface area contributed by atoms with Crippen molar-refractivity contribution in [3.05, 3.63) is 42.0 Å². The Balaban J connectivity index is 1.94. The fourth-order valence-electron chi connectivity index (χ4n) is 3.12. The lowest BCUT2D eigenvalue weighted by molar-refractivity contribution is -0.131. The molecule has 0 bridgehead atoms. The molecule has 0 aromatic heterocycles. The number of likely N-dealkylation sites (tertiary alicyclic amines) is 1. The van der Waals surface area contributed by atoms with Gasteiger partial charge in [0, 0.05) is 44.5 Å². The number of aromatic hydroxyl groups is 1. The standard InChI is InChI=1S/C17H19NO3/c1-3-14-10-13-4-5-15(20)11-16(13)21-17(14)6-8-18(9-7-17)12(2)19/h3-5,10-11,20H,1,6-9H2,2H3. The van der Waals surface area contributed by atoms with Crippen LogP contribution in [0.3, 0.4) is 0 Å². The quantitative estimate of drug-likeness (QED) is 0.863. The largest absolute Gasteiger partial charge is 0.508 e. The molecule has 1 spiro atoms. The highest BCUT2D eigenvalue weighted by atomic mass is 16.5. The van der Waals surface area contributed by atoms with Crippen molar-refractivity contribution in [2.75, 3.05) is 13.1 Å². The highest BCUT2D eigenvalue weighted by Gasteiger charge is 2.42. The Morgan fingerprint density at radius 1 is 1.43 bits per heavy atom. The van der Waals surface area contributed by atoms with E-state index in [1.807, 2.05) is 17.0 Å². The van der Waals surface area contributed by atoms with Crippen LogP contribution in [0.5, 0.6) is 11.5 Å². The number of ether oxygens (including phenoxy) is 1. The summed E-state index contributed by atoms with van der Waals surface area (Å²) in [7, 11) is 0. The molecule has 21 heavy (non-hydrogen) atoms. The van der Waals surface area contributed by atoms with Gasteiger partial charge in [-0.25, -0.2) is 0 Å². The number of fused-ring (bicyclic) bond motifs is 1. The Hall–Kier alpha value is -2.23. The third-order valence-electron chi connectivity index (χ3n) is 4.38. The first-order chi connectivity index (χ1) is 10.0. The molecular formula is C17H19NO3. The first-order valence-corrected chi connectivity index (χ1v) is 7.16. The van der Waals surface area contributed by atoms with E-state index in [-0.39, 0.29) is 11.7 Å². The summed E-state index contributed by atoms with van der Waals surface area (Å²) in [6.45, 7) is 6.85. The molecule has 4 nitrogen and oxygen atoms in total. The second-order valence-electron chi connectivity index (χ2n) is 5.63. The summed E-state index contributed by atoms with van der Waals surface area (Å²) >= 11 is 0. The highest BCUT2D eigenvalue weighted by Crippen LogP contribution is 2.43. The minimum absolute atomic E-state index is 0.0998. The van der Waals surface area contributed by atoms with Gasteiger partial charge in [-0.15, -0.1) is 0 Å². The van der Waals surface area contributed by atoms with Crippen molar-refractivity contribution in [2.45, 2.75) is 25.4 Å². The monoisotopic (exact) mass is 285 g/mol. The Labute approximate surface area is 124 Å². The van der Waals surface area contributed by atoms with Gasteiger partial charge in [-0.1, -0.05) is 12.7 Å². The van der Waals surface area contributed by atoms with Gasteiger partial charge in [0.05, 0.1) is 0 Å². The zero-order chi connectivity index (χ0) is 15.0. The number of benzene rings is 1. The van der Waals surface area contributed by atoms with E-state index in [1.165, 1.54) is 0 Å². The van der Waals surface area contributed by atoms with Gasteiger partial charge in [-0.05, 0) is 23.8 Å². The topological polar surface area (TPSA) is 49.8 Å². The van der Waals surface area contributed by atoms with Gasteiger partial charge in [0.1, 0.15) is 17.1 Å². The van der Waals surface area contributed by atoms with Gasteiger partial charge < -0.3 is 14.7 Å². The number of piperidine rings is 1. The molecule has 1 aromatic carbocycles. The first-order valence-electron chi connectivity index (χ1n) is 7.16. The number of rotatable bonds is 1. The molecule has 0 atom stereocenters. The lowest BCUT2D eigenvalue weighted by atomic mass is 9.81. The molecule has 1 amide bonds. The van der Waals surface area contributed by atoms with Gasteiger partial charge >= 0.3 is 0 Å². The maximum atomic E-state index is 11.5. The minimum Gasteiger partial charge on any atom is -0.508 e. The van der Waals surface area contributed by atoms with Gasteiger partial charge in [-0.2, -0.15) is 0 Å². The molecule has 1 saturated heterocycles. The van der Waals surface area contributed by atoms with E-state index >= 15 is 0 Å². The summed E-state index contributed by atoms with van der Waals surface area (Å²) in [5.41, 5.74) is 1.56. The van der Waals surface area contributed by atoms with Crippen molar-refractivity contribution in [1.82, 2.24) is 4.90 Å². The molecule has 2 aliphatic rings. The first kappa shape index (κ1) is 13.7. The Bertz CT molecular complexity index is 625. The zero-order valence-corrected chi connectivity index (χ0v) is 12.1. The van der Waals surface area contributed by atoms with Gasteiger partial charge in [0.15, 0.2) is 0 Å². The summed E-state index contributed by atoms with van der Waals surface area (Å²) in [6.07, 6.45) is 5.37. The van der Waals surface area contributed by atoms with Crippen molar-refractivity contribution in [1.29, 1.82) is 0 Å². The van der Waals surface area contributed by atoms with E-state index in [0.29, 0.717) is 18.8 Å². The lowest BCUT2D eigenvalue weighted by Gasteiger charge is -2.44. The van der Waals surface area contributed by atoms with Crippen LogP contribution in [0.2, 0.25) is 0 Å². The number of phenols is 1. The van der Waals surface area contributed by atoms with Crippen LogP contribution < -0.4 is 4.74 Å². The van der Waals surface area contributed by atoms with Crippen molar-refractivity contribution < 1.29 is 14.6 Å². The number of hydrogen-bond acceptors (Lipinski definition) is 3. The molecule has 0 unspecified atom stereocenters. The third kappa shape index (κ3) is 2.31. The molecule has 1 fully saturated rings. The van der Waals surface area contributed by atoms with E-state index in [0.717, 1.165) is 24.0 Å². The smallest absolute Gasteiger partial charge is 0.219 e. The molecular weight excluding hydrogens is 266 g/mol. The van der Waals surface area contributed by atoms with Crippen molar-refractivity contribution in [2.24, 2.45) is 0 Å². The minimum atomic E-state index is -0.436. The maximum absolute atomic E-state index is 11.5. The Kier molecular flexibility index (Phi) is 3.24. The van der Waals surface area contributed by atoms with Crippen molar-refractivity contribution in [3.63, 3.8) is 0 Å². The summed E-state index contributed by atoms with van der Waals surface area (Å²) < 4.78 is 6.24. The molecule has 110 valence electrons.